The molecule has 0 aliphatic heterocycles. The molecule has 10 heavy (non-hydrogen) atoms. The second kappa shape index (κ2) is 10.2. The first-order valence-corrected chi connectivity index (χ1v) is 5.02. The van der Waals surface area contributed by atoms with Crippen molar-refractivity contribution in [2.24, 2.45) is 0 Å². The van der Waals surface area contributed by atoms with Gasteiger partial charge in [-0.15, -0.1) is 0 Å². The first-order valence-electron chi connectivity index (χ1n) is 2.65. The molecule has 0 saturated carbocycles. The Labute approximate surface area is 83.8 Å². The van der Waals surface area contributed by atoms with Crippen LogP contribution in [0.25, 0.3) is 0 Å². The third-order valence-corrected chi connectivity index (χ3v) is 1.57. The normalized spacial score (nSPS) is 14.7. The summed E-state index contributed by atoms with van der Waals surface area (Å²) in [6.07, 6.45) is -1.48. The summed E-state index contributed by atoms with van der Waals surface area (Å²) in [7, 11) is 0. The zero-order valence-corrected chi connectivity index (χ0v) is 8.92. The fourth-order valence-corrected chi connectivity index (χ4v) is 0.730. The van der Waals surface area contributed by atoms with E-state index in [1.807, 2.05) is 0 Å². The van der Waals surface area contributed by atoms with E-state index in [9.17, 15) is 0 Å². The number of aliphatic hydroxyl groups is 2. The Balaban J connectivity index is 0. The van der Waals surface area contributed by atoms with Gasteiger partial charge >= 0.3 is 24.8 Å². The van der Waals surface area contributed by atoms with Gasteiger partial charge in [-0.05, 0) is 0 Å². The standard InChI is InChI=1S/C4H10O2S2.CH2.Ti/c5-3(1-7)4(6)2-8;;/h3-8H,1-2H2;1H2;/t3-,4-;;/m1../s1. The van der Waals surface area contributed by atoms with Gasteiger partial charge in [0.25, 0.3) is 0 Å². The first kappa shape index (κ1) is 13.8. The van der Waals surface area contributed by atoms with Crippen molar-refractivity contribution in [2.75, 3.05) is 11.5 Å². The van der Waals surface area contributed by atoms with Gasteiger partial charge in [-0.3, -0.25) is 0 Å². The quantitative estimate of drug-likeness (QED) is 0.380. The summed E-state index contributed by atoms with van der Waals surface area (Å²) in [5, 5.41) is 17.5. The van der Waals surface area contributed by atoms with Crippen LogP contribution in [0.5, 0.6) is 0 Å². The van der Waals surface area contributed by atoms with Crippen LogP contribution in [0.2, 0.25) is 0 Å². The summed E-state index contributed by atoms with van der Waals surface area (Å²) in [5.41, 5.74) is 0. The van der Waals surface area contributed by atoms with Crippen LogP contribution in [0.15, 0.2) is 0 Å². The Morgan fingerprint density at radius 2 is 1.30 bits per heavy atom. The second-order valence-corrected chi connectivity index (χ2v) is 2.23. The molecule has 0 radical (unpaired) electrons. The van der Waals surface area contributed by atoms with Crippen LogP contribution in [-0.2, 0) is 20.0 Å². The molecule has 2 N–H and O–H groups in total. The molecule has 0 aromatic carbocycles. The molecule has 0 aromatic rings. The van der Waals surface area contributed by atoms with Gasteiger partial charge in [0.2, 0.25) is 0 Å². The summed E-state index contributed by atoms with van der Waals surface area (Å²) in [4.78, 5) is 3.25. The summed E-state index contributed by atoms with van der Waals surface area (Å²) in [5.74, 6) is 0.559. The monoisotopic (exact) mass is 216 g/mol. The number of rotatable bonds is 3. The van der Waals surface area contributed by atoms with Crippen molar-refractivity contribution in [3.63, 3.8) is 0 Å². The maximum absolute atomic E-state index is 8.75. The van der Waals surface area contributed by atoms with Gasteiger partial charge in [-0.25, -0.2) is 0 Å². The van der Waals surface area contributed by atoms with Crippen molar-refractivity contribution >= 4 is 30.1 Å². The Hall–Kier alpha value is 1.20. The van der Waals surface area contributed by atoms with Crippen molar-refractivity contribution in [2.45, 2.75) is 12.2 Å². The molecule has 0 aliphatic rings. The molecule has 5 heteroatoms. The van der Waals surface area contributed by atoms with Gasteiger partial charge < -0.3 is 10.2 Å². The number of hydrogen-bond donors (Lipinski definition) is 4. The van der Waals surface area contributed by atoms with Gasteiger partial charge in [-0.1, -0.05) is 0 Å². The first-order chi connectivity index (χ1) is 4.72. The molecular weight excluding hydrogens is 204 g/mol. The molecule has 0 unspecified atom stereocenters. The molecule has 0 amide bonds. The summed E-state index contributed by atoms with van der Waals surface area (Å²) >= 11 is 9.28. The fourth-order valence-electron chi connectivity index (χ4n) is 0.243. The van der Waals surface area contributed by atoms with Crippen molar-refractivity contribution in [1.82, 2.24) is 0 Å². The average Bonchev–Trinajstić information content (AvgIpc) is 2.05. The maximum atomic E-state index is 8.75. The molecule has 0 saturated heterocycles. The number of aliphatic hydroxyl groups excluding tert-OH is 2. The van der Waals surface area contributed by atoms with Crippen LogP contribution in [0.1, 0.15) is 0 Å². The Bertz CT molecular complexity index is 66.7. The van der Waals surface area contributed by atoms with Crippen molar-refractivity contribution < 1.29 is 30.2 Å². The average molecular weight is 216 g/mol. The van der Waals surface area contributed by atoms with E-state index in [1.54, 1.807) is 20.0 Å². The number of thiol groups is 2. The molecule has 0 aromatic heterocycles. The minimum atomic E-state index is -0.740. The van der Waals surface area contributed by atoms with E-state index in [0.29, 0.717) is 0 Å². The van der Waals surface area contributed by atoms with Crippen LogP contribution < -0.4 is 0 Å². The molecule has 2 atom stereocenters. The molecule has 0 spiro atoms. The summed E-state index contributed by atoms with van der Waals surface area (Å²) in [6, 6.07) is 0. The Kier molecular flexibility index (Phi) is 14.1. The van der Waals surface area contributed by atoms with Gasteiger partial charge in [0, 0.05) is 11.5 Å². The third kappa shape index (κ3) is 7.31. The molecule has 0 heterocycles. The zero-order chi connectivity index (χ0) is 8.57. The van der Waals surface area contributed by atoms with Crippen LogP contribution in [0.4, 0.5) is 0 Å². The van der Waals surface area contributed by atoms with Gasteiger partial charge in [0.15, 0.2) is 0 Å². The fraction of sp³-hybridized carbons (Fsp3) is 0.800. The van der Waals surface area contributed by atoms with Crippen molar-refractivity contribution in [1.29, 1.82) is 0 Å². The molecule has 0 fully saturated rings. The van der Waals surface area contributed by atoms with E-state index in [0.717, 1.165) is 0 Å². The molecule has 2 nitrogen and oxygen atoms in total. The van der Waals surface area contributed by atoms with Crippen LogP contribution in [0, 0.1) is 0 Å². The van der Waals surface area contributed by atoms with Crippen LogP contribution in [0.3, 0.4) is 0 Å². The van der Waals surface area contributed by atoms with E-state index < -0.39 is 12.2 Å². The van der Waals surface area contributed by atoms with Crippen LogP contribution >= 0.6 is 25.3 Å². The zero-order valence-electron chi connectivity index (χ0n) is 5.56. The van der Waals surface area contributed by atoms with E-state index in [1.165, 1.54) is 0 Å². The Morgan fingerprint density at radius 3 is 1.40 bits per heavy atom. The van der Waals surface area contributed by atoms with Crippen LogP contribution in [-0.4, -0.2) is 38.7 Å². The predicted molar refractivity (Wildman–Crippen MR) is 46.8 cm³/mol. The SMILES string of the molecule is O[C@H](CS)[C@H](O)CS.[CH2]=[Ti]. The van der Waals surface area contributed by atoms with Gasteiger partial charge in [0.05, 0.1) is 12.2 Å². The van der Waals surface area contributed by atoms with E-state index >= 15 is 0 Å². The molecule has 0 bridgehead atoms. The van der Waals surface area contributed by atoms with E-state index in [4.69, 9.17) is 10.2 Å². The van der Waals surface area contributed by atoms with Crippen molar-refractivity contribution in [3.05, 3.63) is 0 Å². The summed E-state index contributed by atoms with van der Waals surface area (Å²) in [6.45, 7) is 0. The molecular formula is C5H12O2S2Ti. The summed E-state index contributed by atoms with van der Waals surface area (Å²) < 4.78 is 0. The molecule has 0 aliphatic carbocycles. The van der Waals surface area contributed by atoms with Crippen molar-refractivity contribution in [3.8, 4) is 0 Å². The van der Waals surface area contributed by atoms with Gasteiger partial charge in [-0.2, -0.15) is 25.3 Å². The van der Waals surface area contributed by atoms with Gasteiger partial charge in [0.1, 0.15) is 0 Å². The molecule has 60 valence electrons. The van der Waals surface area contributed by atoms with E-state index in [-0.39, 0.29) is 11.5 Å². The third-order valence-electron chi connectivity index (χ3n) is 0.818. The van der Waals surface area contributed by atoms with E-state index in [2.05, 4.69) is 30.1 Å². The minimum absolute atomic E-state index is 0.279. The Morgan fingerprint density at radius 1 is 1.10 bits per heavy atom. The number of hydrogen-bond acceptors (Lipinski definition) is 4. The topological polar surface area (TPSA) is 40.5 Å². The predicted octanol–water partition coefficient (Wildman–Crippen LogP) is -0.467. The molecule has 0 rings (SSSR count). The second-order valence-electron chi connectivity index (χ2n) is 1.50.